The average molecular weight is 441 g/mol. The first kappa shape index (κ1) is 21.0. The maximum atomic E-state index is 13.5. The first-order valence-electron chi connectivity index (χ1n) is 10.3. The third-order valence-electron chi connectivity index (χ3n) is 5.69. The molecule has 4 rings (SSSR count). The van der Waals surface area contributed by atoms with Crippen LogP contribution >= 0.6 is 23.4 Å². The van der Waals surface area contributed by atoms with Gasteiger partial charge in [-0.1, -0.05) is 49.6 Å². The van der Waals surface area contributed by atoms with E-state index >= 15 is 0 Å². The molecule has 6 heteroatoms. The summed E-state index contributed by atoms with van der Waals surface area (Å²) in [7, 11) is 1.62. The summed E-state index contributed by atoms with van der Waals surface area (Å²) in [6.45, 7) is 2.24. The van der Waals surface area contributed by atoms with Crippen LogP contribution in [0.25, 0.3) is 6.08 Å². The fourth-order valence-electron chi connectivity index (χ4n) is 4.11. The number of carbonyl (C=O) groups excluding carboxylic acids is 1. The molecule has 2 atom stereocenters. The van der Waals surface area contributed by atoms with E-state index in [0.717, 1.165) is 35.7 Å². The molecule has 0 aromatic heterocycles. The summed E-state index contributed by atoms with van der Waals surface area (Å²) < 4.78 is 5.46. The lowest BCUT2D eigenvalue weighted by Crippen LogP contribution is -2.44. The number of nitrogens with zero attached hydrogens (tertiary/aromatic N) is 2. The summed E-state index contributed by atoms with van der Waals surface area (Å²) in [5.41, 5.74) is 1.64. The topological polar surface area (TPSA) is 41.9 Å². The molecule has 1 heterocycles. The van der Waals surface area contributed by atoms with E-state index in [-0.39, 0.29) is 11.9 Å². The van der Waals surface area contributed by atoms with Crippen molar-refractivity contribution in [2.75, 3.05) is 7.11 Å². The minimum Gasteiger partial charge on any atom is -0.496 e. The number of aliphatic imine (C=N–C) groups is 1. The predicted molar refractivity (Wildman–Crippen MR) is 125 cm³/mol. The van der Waals surface area contributed by atoms with Crippen LogP contribution in [0.3, 0.4) is 0 Å². The maximum Gasteiger partial charge on any atom is 0.267 e. The van der Waals surface area contributed by atoms with Gasteiger partial charge in [0.05, 0.1) is 17.7 Å². The van der Waals surface area contributed by atoms with Crippen molar-refractivity contribution < 1.29 is 9.53 Å². The Morgan fingerprint density at radius 2 is 1.93 bits per heavy atom. The molecular formula is C24H25ClN2O2S. The Hall–Kier alpha value is -2.24. The largest absolute Gasteiger partial charge is 0.496 e. The third-order valence-corrected chi connectivity index (χ3v) is 6.91. The quantitative estimate of drug-likeness (QED) is 0.507. The summed E-state index contributed by atoms with van der Waals surface area (Å²) in [5.74, 6) is 1.14. The normalized spacial score (nSPS) is 24.6. The van der Waals surface area contributed by atoms with Gasteiger partial charge in [-0.25, -0.2) is 4.99 Å². The Morgan fingerprint density at radius 1 is 1.17 bits per heavy atom. The van der Waals surface area contributed by atoms with E-state index in [0.29, 0.717) is 21.6 Å². The van der Waals surface area contributed by atoms with E-state index in [9.17, 15) is 4.79 Å². The molecule has 0 unspecified atom stereocenters. The van der Waals surface area contributed by atoms with Crippen LogP contribution in [0, 0.1) is 5.92 Å². The van der Waals surface area contributed by atoms with Crippen LogP contribution < -0.4 is 4.74 Å². The lowest BCUT2D eigenvalue weighted by Gasteiger charge is -2.35. The summed E-state index contributed by atoms with van der Waals surface area (Å²) >= 11 is 7.62. The highest BCUT2D eigenvalue weighted by atomic mass is 35.5. The first-order valence-corrected chi connectivity index (χ1v) is 11.5. The number of hydrogen-bond donors (Lipinski definition) is 0. The SMILES string of the molecule is COc1ccc(Cl)cc1/C=C1\SC(=Nc2ccccc2)N([C@@H]2CCCC[C@H]2C)C1=O. The van der Waals surface area contributed by atoms with Crippen LogP contribution in [0.4, 0.5) is 5.69 Å². The number of methoxy groups -OCH3 is 1. The molecule has 0 N–H and O–H groups in total. The molecule has 2 aliphatic rings. The predicted octanol–water partition coefficient (Wildman–Crippen LogP) is 6.53. The summed E-state index contributed by atoms with van der Waals surface area (Å²) in [5, 5.41) is 1.35. The fourth-order valence-corrected chi connectivity index (χ4v) is 5.33. The minimum absolute atomic E-state index is 0.00968. The Kier molecular flexibility index (Phi) is 6.49. The summed E-state index contributed by atoms with van der Waals surface area (Å²) in [4.78, 5) is 20.9. The number of hydrogen-bond acceptors (Lipinski definition) is 4. The number of rotatable bonds is 4. The molecule has 1 aliphatic carbocycles. The van der Waals surface area contributed by atoms with Crippen LogP contribution in [0.2, 0.25) is 5.02 Å². The first-order chi connectivity index (χ1) is 14.6. The third kappa shape index (κ3) is 4.42. The van der Waals surface area contributed by atoms with Crippen LogP contribution in [0.5, 0.6) is 5.75 Å². The van der Waals surface area contributed by atoms with Crippen LogP contribution in [-0.4, -0.2) is 29.1 Å². The van der Waals surface area contributed by atoms with Crippen LogP contribution in [0.1, 0.15) is 38.2 Å². The number of amides is 1. The molecule has 2 aromatic carbocycles. The van der Waals surface area contributed by atoms with Crippen molar-refractivity contribution in [3.05, 3.63) is 64.0 Å². The maximum absolute atomic E-state index is 13.5. The highest BCUT2D eigenvalue weighted by Gasteiger charge is 2.41. The lowest BCUT2D eigenvalue weighted by atomic mass is 9.85. The highest BCUT2D eigenvalue weighted by molar-refractivity contribution is 8.18. The van der Waals surface area contributed by atoms with Gasteiger partial charge in [0.25, 0.3) is 5.91 Å². The van der Waals surface area contributed by atoms with E-state index in [1.807, 2.05) is 53.4 Å². The van der Waals surface area contributed by atoms with E-state index in [1.165, 1.54) is 18.2 Å². The summed E-state index contributed by atoms with van der Waals surface area (Å²) in [6.07, 6.45) is 6.38. The van der Waals surface area contributed by atoms with Crippen molar-refractivity contribution in [2.24, 2.45) is 10.9 Å². The standard InChI is InChI=1S/C24H25ClN2O2S/c1-16-8-6-7-11-20(16)27-23(28)22(15-17-14-18(25)12-13-21(17)29-2)30-24(27)26-19-9-4-3-5-10-19/h3-5,9-10,12-16,20H,6-8,11H2,1-2H3/b22-15-,26-24?/t16-,20-/m1/s1. The van der Waals surface area contributed by atoms with Crippen molar-refractivity contribution in [3.8, 4) is 5.75 Å². The number of ether oxygens (including phenoxy) is 1. The van der Waals surface area contributed by atoms with Gasteiger partial charge in [-0.3, -0.25) is 9.69 Å². The molecule has 1 saturated heterocycles. The number of benzene rings is 2. The molecule has 1 amide bonds. The van der Waals surface area contributed by atoms with Crippen LogP contribution in [0.15, 0.2) is 58.4 Å². The second kappa shape index (κ2) is 9.27. The molecule has 4 nitrogen and oxygen atoms in total. The molecule has 1 aliphatic heterocycles. The van der Waals surface area contributed by atoms with Gasteiger partial charge in [-0.05, 0) is 66.9 Å². The average Bonchev–Trinajstić information content (AvgIpc) is 3.04. The van der Waals surface area contributed by atoms with E-state index in [2.05, 4.69) is 6.92 Å². The van der Waals surface area contributed by atoms with Crippen molar-refractivity contribution in [1.29, 1.82) is 0 Å². The molecule has 30 heavy (non-hydrogen) atoms. The Balaban J connectivity index is 1.75. The Morgan fingerprint density at radius 3 is 2.67 bits per heavy atom. The van der Waals surface area contributed by atoms with Gasteiger partial charge in [0.2, 0.25) is 0 Å². The molecule has 2 aromatic rings. The lowest BCUT2D eigenvalue weighted by molar-refractivity contribution is -0.124. The molecule has 0 bridgehead atoms. The van der Waals surface area contributed by atoms with Crippen molar-refractivity contribution in [3.63, 3.8) is 0 Å². The molecule has 2 fully saturated rings. The van der Waals surface area contributed by atoms with Crippen LogP contribution in [-0.2, 0) is 4.79 Å². The summed E-state index contributed by atoms with van der Waals surface area (Å²) in [6, 6.07) is 15.4. The monoisotopic (exact) mass is 440 g/mol. The van der Waals surface area contributed by atoms with E-state index in [4.69, 9.17) is 21.3 Å². The van der Waals surface area contributed by atoms with Gasteiger partial charge in [0.1, 0.15) is 5.75 Å². The van der Waals surface area contributed by atoms with Gasteiger partial charge in [-0.15, -0.1) is 0 Å². The van der Waals surface area contributed by atoms with Crippen molar-refractivity contribution in [2.45, 2.75) is 38.6 Å². The number of carbonyl (C=O) groups is 1. The number of halogens is 1. The highest BCUT2D eigenvalue weighted by Crippen LogP contribution is 2.41. The zero-order chi connectivity index (χ0) is 21.1. The van der Waals surface area contributed by atoms with Gasteiger partial charge in [-0.2, -0.15) is 0 Å². The fraction of sp³-hybridized carbons (Fsp3) is 0.333. The smallest absolute Gasteiger partial charge is 0.267 e. The Bertz CT molecular complexity index is 990. The van der Waals surface area contributed by atoms with Gasteiger partial charge in [0, 0.05) is 16.6 Å². The zero-order valence-corrected chi connectivity index (χ0v) is 18.7. The molecule has 1 saturated carbocycles. The molecule has 0 spiro atoms. The van der Waals surface area contributed by atoms with Gasteiger partial charge < -0.3 is 4.74 Å². The van der Waals surface area contributed by atoms with E-state index < -0.39 is 0 Å². The van der Waals surface area contributed by atoms with Gasteiger partial charge >= 0.3 is 0 Å². The molecular weight excluding hydrogens is 416 g/mol. The Labute approximate surface area is 187 Å². The van der Waals surface area contributed by atoms with Crippen molar-refractivity contribution in [1.82, 2.24) is 4.90 Å². The van der Waals surface area contributed by atoms with Crippen molar-refractivity contribution >= 4 is 46.2 Å². The second-order valence-electron chi connectivity index (χ2n) is 7.73. The number of para-hydroxylation sites is 1. The molecule has 0 radical (unpaired) electrons. The second-order valence-corrected chi connectivity index (χ2v) is 9.18. The number of thioether (sulfide) groups is 1. The van der Waals surface area contributed by atoms with E-state index in [1.54, 1.807) is 13.2 Å². The zero-order valence-electron chi connectivity index (χ0n) is 17.2. The minimum atomic E-state index is 0.00968. The van der Waals surface area contributed by atoms with Gasteiger partial charge in [0.15, 0.2) is 5.17 Å². The number of amidine groups is 1. The molecule has 156 valence electrons.